The molecule has 4 aromatic carbocycles. The number of carboxylic acid groups (broad SMARTS) is 1. The molecular weight excluding hydrogens is 474 g/mol. The Morgan fingerprint density at radius 3 is 2.16 bits per heavy atom. The third-order valence-electron chi connectivity index (χ3n) is 6.97. The molecule has 0 aliphatic carbocycles. The average Bonchev–Trinajstić information content (AvgIpc) is 3.65. The average molecular weight is 494 g/mol. The fourth-order valence-electron chi connectivity index (χ4n) is 5.25. The minimum absolute atomic E-state index is 0.312. The molecule has 6 nitrogen and oxygen atoms in total. The summed E-state index contributed by atoms with van der Waals surface area (Å²) < 4.78 is 8.16. The van der Waals surface area contributed by atoms with Crippen LogP contribution in [-0.4, -0.2) is 20.6 Å². The molecule has 6 heteroatoms. The van der Waals surface area contributed by atoms with Gasteiger partial charge in [0.25, 0.3) is 0 Å². The number of nitriles is 1. The van der Waals surface area contributed by atoms with E-state index >= 15 is 0 Å². The van der Waals surface area contributed by atoms with Crippen molar-refractivity contribution in [1.82, 2.24) is 9.55 Å². The summed E-state index contributed by atoms with van der Waals surface area (Å²) >= 11 is 0. The smallest absolute Gasteiger partial charge is 0.346 e. The fourth-order valence-corrected chi connectivity index (χ4v) is 5.25. The van der Waals surface area contributed by atoms with Gasteiger partial charge in [-0.25, -0.2) is 4.79 Å². The molecule has 38 heavy (non-hydrogen) atoms. The minimum atomic E-state index is -1.29. The van der Waals surface area contributed by atoms with Crippen LogP contribution in [0.25, 0.3) is 66.7 Å². The van der Waals surface area contributed by atoms with Crippen molar-refractivity contribution in [3.8, 4) is 23.1 Å². The number of aliphatic carboxylic acids is 1. The molecule has 2 N–H and O–H groups in total. The van der Waals surface area contributed by atoms with E-state index in [1.807, 2.05) is 12.1 Å². The van der Waals surface area contributed by atoms with E-state index in [0.717, 1.165) is 44.1 Å². The summed E-state index contributed by atoms with van der Waals surface area (Å²) in [5.74, 6) is -0.384. The number of para-hydroxylation sites is 2. The number of benzene rings is 4. The van der Waals surface area contributed by atoms with E-state index in [-0.39, 0.29) is 5.57 Å². The van der Waals surface area contributed by atoms with E-state index in [1.165, 1.54) is 16.8 Å². The van der Waals surface area contributed by atoms with Gasteiger partial charge in [-0.05, 0) is 60.7 Å². The second-order valence-electron chi connectivity index (χ2n) is 9.16. The van der Waals surface area contributed by atoms with Crippen molar-refractivity contribution in [2.24, 2.45) is 0 Å². The first-order valence-corrected chi connectivity index (χ1v) is 12.1. The number of furan rings is 1. The van der Waals surface area contributed by atoms with E-state index < -0.39 is 5.97 Å². The van der Waals surface area contributed by atoms with Crippen molar-refractivity contribution in [2.45, 2.75) is 0 Å². The van der Waals surface area contributed by atoms with Crippen LogP contribution >= 0.6 is 0 Å². The molecule has 0 saturated heterocycles. The molecule has 7 aromatic rings. The first kappa shape index (κ1) is 21.7. The quantitative estimate of drug-likeness (QED) is 0.194. The maximum atomic E-state index is 11.2. The van der Waals surface area contributed by atoms with Crippen LogP contribution in [0.1, 0.15) is 5.76 Å². The Kier molecular flexibility index (Phi) is 4.72. The Labute approximate surface area is 216 Å². The molecular formula is C32H19N3O3. The van der Waals surface area contributed by atoms with Crippen LogP contribution in [0, 0.1) is 11.3 Å². The summed E-state index contributed by atoms with van der Waals surface area (Å²) in [7, 11) is 0. The van der Waals surface area contributed by atoms with Gasteiger partial charge in [0.15, 0.2) is 0 Å². The van der Waals surface area contributed by atoms with Crippen LogP contribution in [0.5, 0.6) is 0 Å². The molecule has 0 fully saturated rings. The van der Waals surface area contributed by atoms with Gasteiger partial charge in [0.05, 0.1) is 11.0 Å². The Morgan fingerprint density at radius 2 is 1.47 bits per heavy atom. The topological polar surface area (TPSA) is 95.0 Å². The van der Waals surface area contributed by atoms with Crippen molar-refractivity contribution in [1.29, 1.82) is 5.26 Å². The Balaban J connectivity index is 1.39. The highest BCUT2D eigenvalue weighted by atomic mass is 16.4. The Bertz CT molecular complexity index is 2080. The number of hydrogen-bond donors (Lipinski definition) is 2. The minimum Gasteiger partial charge on any atom is -0.477 e. The molecule has 7 rings (SSSR count). The van der Waals surface area contributed by atoms with Gasteiger partial charge in [-0.2, -0.15) is 5.26 Å². The largest absolute Gasteiger partial charge is 0.477 e. The molecule has 0 aliphatic rings. The predicted octanol–water partition coefficient (Wildman–Crippen LogP) is 7.67. The zero-order valence-corrected chi connectivity index (χ0v) is 20.0. The highest BCUT2D eigenvalue weighted by molar-refractivity contribution is 6.11. The van der Waals surface area contributed by atoms with Crippen LogP contribution in [0.15, 0.2) is 107 Å². The van der Waals surface area contributed by atoms with Gasteiger partial charge < -0.3 is 19.1 Å². The number of nitrogens with zero attached hydrogens (tertiary/aromatic N) is 2. The summed E-state index contributed by atoms with van der Waals surface area (Å²) in [6, 6.07) is 34.5. The standard InChI is InChI=1S/C32H19N3O3/c33-18-20(32(36)37)15-22-11-14-31(38-22)19-9-12-27-25(16-19)26-17-21(10-13-28(26)34-27)35-29-7-3-1-5-23(29)24-6-2-4-8-30(24)35/h1-17,34H,(H,36,37)/b20-15+. The number of hydrogen-bond acceptors (Lipinski definition) is 3. The third-order valence-corrected chi connectivity index (χ3v) is 6.97. The molecule has 0 atom stereocenters. The van der Waals surface area contributed by atoms with Crippen LogP contribution in [0.2, 0.25) is 0 Å². The molecule has 3 heterocycles. The molecule has 0 bridgehead atoms. The zero-order chi connectivity index (χ0) is 25.8. The highest BCUT2D eigenvalue weighted by Gasteiger charge is 2.14. The first-order valence-electron chi connectivity index (χ1n) is 12.1. The van der Waals surface area contributed by atoms with Crippen molar-refractivity contribution in [2.75, 3.05) is 0 Å². The summed E-state index contributed by atoms with van der Waals surface area (Å²) in [6.45, 7) is 0. The molecule has 0 radical (unpaired) electrons. The second kappa shape index (κ2) is 8.26. The molecule has 0 saturated carbocycles. The van der Waals surface area contributed by atoms with Crippen molar-refractivity contribution in [3.63, 3.8) is 0 Å². The molecule has 3 aromatic heterocycles. The molecule has 0 spiro atoms. The SMILES string of the molecule is N#C/C(=C\c1ccc(-c2ccc3[nH]c4ccc(-n5c6ccccc6c6ccccc65)cc4c3c2)o1)C(=O)O. The normalized spacial score (nSPS) is 12.0. The molecule has 180 valence electrons. The van der Waals surface area contributed by atoms with Crippen LogP contribution in [-0.2, 0) is 4.79 Å². The number of carboxylic acids is 1. The second-order valence-corrected chi connectivity index (χ2v) is 9.16. The van der Waals surface area contributed by atoms with Gasteiger partial charge in [0.2, 0.25) is 0 Å². The summed E-state index contributed by atoms with van der Waals surface area (Å²) in [5, 5.41) is 22.7. The number of aromatic nitrogens is 2. The molecule has 0 unspecified atom stereocenters. The maximum absolute atomic E-state index is 11.2. The maximum Gasteiger partial charge on any atom is 0.346 e. The van der Waals surface area contributed by atoms with Gasteiger partial charge in [0.1, 0.15) is 23.2 Å². The van der Waals surface area contributed by atoms with E-state index in [2.05, 4.69) is 82.3 Å². The van der Waals surface area contributed by atoms with Gasteiger partial charge >= 0.3 is 5.97 Å². The first-order chi connectivity index (χ1) is 18.6. The number of rotatable bonds is 4. The lowest BCUT2D eigenvalue weighted by Crippen LogP contribution is -1.96. The van der Waals surface area contributed by atoms with E-state index in [4.69, 9.17) is 14.8 Å². The third kappa shape index (κ3) is 3.30. The zero-order valence-electron chi connectivity index (χ0n) is 20.0. The van der Waals surface area contributed by atoms with Gasteiger partial charge in [-0.3, -0.25) is 0 Å². The number of fused-ring (bicyclic) bond motifs is 6. The van der Waals surface area contributed by atoms with Crippen molar-refractivity contribution >= 4 is 55.7 Å². The van der Waals surface area contributed by atoms with Gasteiger partial charge in [-0.15, -0.1) is 0 Å². The lowest BCUT2D eigenvalue weighted by atomic mass is 10.1. The molecule has 0 aliphatic heterocycles. The van der Waals surface area contributed by atoms with Crippen molar-refractivity contribution < 1.29 is 14.3 Å². The summed E-state index contributed by atoms with van der Waals surface area (Å²) in [4.78, 5) is 14.7. The lowest BCUT2D eigenvalue weighted by molar-refractivity contribution is -0.132. The monoisotopic (exact) mass is 493 g/mol. The predicted molar refractivity (Wildman–Crippen MR) is 149 cm³/mol. The lowest BCUT2D eigenvalue weighted by Gasteiger charge is -2.08. The van der Waals surface area contributed by atoms with Gasteiger partial charge in [-0.1, -0.05) is 36.4 Å². The Hall–Kier alpha value is -5.54. The number of aromatic amines is 1. The number of H-pyrrole nitrogens is 1. The van der Waals surface area contributed by atoms with E-state index in [1.54, 1.807) is 18.2 Å². The molecule has 0 amide bonds. The van der Waals surface area contributed by atoms with Crippen LogP contribution < -0.4 is 0 Å². The highest BCUT2D eigenvalue weighted by Crippen LogP contribution is 2.35. The van der Waals surface area contributed by atoms with Crippen LogP contribution in [0.3, 0.4) is 0 Å². The number of carbonyl (C=O) groups is 1. The summed E-state index contributed by atoms with van der Waals surface area (Å²) in [5.41, 5.74) is 5.90. The van der Waals surface area contributed by atoms with Gasteiger partial charge in [0, 0.05) is 49.9 Å². The number of nitrogens with one attached hydrogen (secondary N) is 1. The Morgan fingerprint density at radius 1 is 0.816 bits per heavy atom. The van der Waals surface area contributed by atoms with Crippen LogP contribution in [0.4, 0.5) is 0 Å². The fraction of sp³-hybridized carbons (Fsp3) is 0. The summed E-state index contributed by atoms with van der Waals surface area (Å²) in [6.07, 6.45) is 1.23. The van der Waals surface area contributed by atoms with E-state index in [9.17, 15) is 4.79 Å². The van der Waals surface area contributed by atoms with Crippen molar-refractivity contribution in [3.05, 3.63) is 108 Å². The van der Waals surface area contributed by atoms with E-state index in [0.29, 0.717) is 11.5 Å².